The number of para-hydroxylation sites is 1. The third-order valence-electron chi connectivity index (χ3n) is 4.69. The SMILES string of the molecule is C[C@H](c1ccccn1)N(C(=O)c1cc(=O)[nH]c2ccccc12)C1CC1. The highest BCUT2D eigenvalue weighted by atomic mass is 16.2. The number of fused-ring (bicyclic) bond motifs is 1. The summed E-state index contributed by atoms with van der Waals surface area (Å²) in [5.41, 5.74) is 1.73. The highest BCUT2D eigenvalue weighted by Gasteiger charge is 2.37. The minimum Gasteiger partial charge on any atom is -0.327 e. The zero-order chi connectivity index (χ0) is 17.4. The molecule has 5 nitrogen and oxygen atoms in total. The number of benzene rings is 1. The predicted octanol–water partition coefficient (Wildman–Crippen LogP) is 3.29. The molecule has 1 atom stereocenters. The lowest BCUT2D eigenvalue weighted by atomic mass is 10.1. The molecule has 1 aliphatic rings. The fourth-order valence-electron chi connectivity index (χ4n) is 3.30. The number of nitrogens with one attached hydrogen (secondary N) is 1. The van der Waals surface area contributed by atoms with Gasteiger partial charge in [0.1, 0.15) is 0 Å². The molecule has 5 heteroatoms. The van der Waals surface area contributed by atoms with Crippen LogP contribution in [0.2, 0.25) is 0 Å². The van der Waals surface area contributed by atoms with Crippen molar-refractivity contribution in [1.82, 2.24) is 14.9 Å². The van der Waals surface area contributed by atoms with Gasteiger partial charge in [-0.2, -0.15) is 0 Å². The molecule has 0 saturated heterocycles. The number of amides is 1. The Morgan fingerprint density at radius 1 is 1.20 bits per heavy atom. The summed E-state index contributed by atoms with van der Waals surface area (Å²) in [7, 11) is 0. The third-order valence-corrected chi connectivity index (χ3v) is 4.69. The molecule has 0 aliphatic heterocycles. The smallest absolute Gasteiger partial charge is 0.255 e. The standard InChI is InChI=1S/C20H19N3O2/c1-13(17-7-4-5-11-21-17)23(14-9-10-14)20(25)16-12-19(24)22-18-8-3-2-6-15(16)18/h2-8,11-14H,9-10H2,1H3,(H,22,24)/t13-/m1/s1. The van der Waals surface area contributed by atoms with Crippen molar-refractivity contribution in [2.24, 2.45) is 0 Å². The van der Waals surface area contributed by atoms with Gasteiger partial charge in [0.05, 0.1) is 17.3 Å². The number of aromatic amines is 1. The van der Waals surface area contributed by atoms with Crippen LogP contribution in [0.15, 0.2) is 59.5 Å². The summed E-state index contributed by atoms with van der Waals surface area (Å²) in [6.07, 6.45) is 3.72. The molecule has 0 bridgehead atoms. The van der Waals surface area contributed by atoms with E-state index in [2.05, 4.69) is 9.97 Å². The van der Waals surface area contributed by atoms with E-state index in [1.807, 2.05) is 54.3 Å². The second-order valence-electron chi connectivity index (χ2n) is 6.47. The topological polar surface area (TPSA) is 66.1 Å². The van der Waals surface area contributed by atoms with Crippen molar-refractivity contribution in [3.63, 3.8) is 0 Å². The van der Waals surface area contributed by atoms with E-state index in [0.29, 0.717) is 11.1 Å². The van der Waals surface area contributed by atoms with Gasteiger partial charge in [0, 0.05) is 29.2 Å². The molecule has 2 aromatic heterocycles. The lowest BCUT2D eigenvalue weighted by Gasteiger charge is -2.29. The summed E-state index contributed by atoms with van der Waals surface area (Å²) >= 11 is 0. The van der Waals surface area contributed by atoms with Crippen LogP contribution in [0.4, 0.5) is 0 Å². The molecule has 126 valence electrons. The van der Waals surface area contributed by atoms with Crippen molar-refractivity contribution in [3.8, 4) is 0 Å². The van der Waals surface area contributed by atoms with Crippen LogP contribution < -0.4 is 5.56 Å². The summed E-state index contributed by atoms with van der Waals surface area (Å²) in [6.45, 7) is 1.99. The van der Waals surface area contributed by atoms with Crippen molar-refractivity contribution in [2.75, 3.05) is 0 Å². The molecule has 3 aromatic rings. The molecule has 0 radical (unpaired) electrons. The summed E-state index contributed by atoms with van der Waals surface area (Å²) in [5, 5.41) is 0.769. The van der Waals surface area contributed by atoms with E-state index in [4.69, 9.17) is 0 Å². The zero-order valence-electron chi connectivity index (χ0n) is 14.0. The van der Waals surface area contributed by atoms with E-state index in [-0.39, 0.29) is 23.6 Å². The Morgan fingerprint density at radius 2 is 1.96 bits per heavy atom. The summed E-state index contributed by atoms with van der Waals surface area (Å²) in [4.78, 5) is 34.4. The highest BCUT2D eigenvalue weighted by Crippen LogP contribution is 2.35. The molecule has 4 rings (SSSR count). The summed E-state index contributed by atoms with van der Waals surface area (Å²) < 4.78 is 0. The number of carbonyl (C=O) groups excluding carboxylic acids is 1. The van der Waals surface area contributed by atoms with Gasteiger partial charge in [-0.15, -0.1) is 0 Å². The van der Waals surface area contributed by atoms with Gasteiger partial charge >= 0.3 is 0 Å². The van der Waals surface area contributed by atoms with Crippen LogP contribution in [-0.2, 0) is 0 Å². The Kier molecular flexibility index (Phi) is 3.84. The molecule has 1 amide bonds. The van der Waals surface area contributed by atoms with Crippen LogP contribution in [0.1, 0.15) is 41.9 Å². The van der Waals surface area contributed by atoms with Crippen LogP contribution in [0, 0.1) is 0 Å². The van der Waals surface area contributed by atoms with Crippen molar-refractivity contribution >= 4 is 16.8 Å². The van der Waals surface area contributed by atoms with Gasteiger partial charge in [0.25, 0.3) is 5.91 Å². The molecule has 1 saturated carbocycles. The molecular weight excluding hydrogens is 314 g/mol. The fraction of sp³-hybridized carbons (Fsp3) is 0.250. The van der Waals surface area contributed by atoms with Crippen molar-refractivity contribution in [1.29, 1.82) is 0 Å². The number of aromatic nitrogens is 2. The molecule has 1 aromatic carbocycles. The molecule has 0 unspecified atom stereocenters. The average molecular weight is 333 g/mol. The lowest BCUT2D eigenvalue weighted by Crippen LogP contribution is -2.36. The van der Waals surface area contributed by atoms with E-state index >= 15 is 0 Å². The van der Waals surface area contributed by atoms with E-state index in [1.165, 1.54) is 6.07 Å². The number of rotatable bonds is 4. The van der Waals surface area contributed by atoms with E-state index in [1.54, 1.807) is 6.20 Å². The van der Waals surface area contributed by atoms with Gasteiger partial charge < -0.3 is 9.88 Å². The monoisotopic (exact) mass is 333 g/mol. The molecule has 0 spiro atoms. The number of hydrogen-bond donors (Lipinski definition) is 1. The highest BCUT2D eigenvalue weighted by molar-refractivity contribution is 6.06. The summed E-state index contributed by atoms with van der Waals surface area (Å²) in [5.74, 6) is -0.108. The predicted molar refractivity (Wildman–Crippen MR) is 96.4 cm³/mol. The van der Waals surface area contributed by atoms with Gasteiger partial charge in [-0.1, -0.05) is 24.3 Å². The second kappa shape index (κ2) is 6.16. The number of H-pyrrole nitrogens is 1. The van der Waals surface area contributed by atoms with Gasteiger partial charge in [0.15, 0.2) is 0 Å². The maximum atomic E-state index is 13.4. The summed E-state index contributed by atoms with van der Waals surface area (Å²) in [6, 6.07) is 14.6. The molecule has 25 heavy (non-hydrogen) atoms. The minimum atomic E-state index is -0.261. The van der Waals surface area contributed by atoms with Crippen LogP contribution >= 0.6 is 0 Å². The fourth-order valence-corrected chi connectivity index (χ4v) is 3.30. The van der Waals surface area contributed by atoms with E-state index < -0.39 is 0 Å². The zero-order valence-corrected chi connectivity index (χ0v) is 14.0. The van der Waals surface area contributed by atoms with Crippen molar-refractivity contribution in [3.05, 3.63) is 76.3 Å². The van der Waals surface area contributed by atoms with Crippen molar-refractivity contribution < 1.29 is 4.79 Å². The van der Waals surface area contributed by atoms with Gasteiger partial charge in [-0.05, 0) is 38.0 Å². The van der Waals surface area contributed by atoms with Gasteiger partial charge in [-0.25, -0.2) is 0 Å². The van der Waals surface area contributed by atoms with Crippen LogP contribution in [0.25, 0.3) is 10.9 Å². The Bertz CT molecular complexity index is 977. The number of pyridine rings is 2. The van der Waals surface area contributed by atoms with Crippen LogP contribution in [0.5, 0.6) is 0 Å². The first-order valence-corrected chi connectivity index (χ1v) is 8.51. The van der Waals surface area contributed by atoms with Gasteiger partial charge in [0.2, 0.25) is 5.56 Å². The first-order valence-electron chi connectivity index (χ1n) is 8.51. The second-order valence-corrected chi connectivity index (χ2v) is 6.47. The maximum absolute atomic E-state index is 13.4. The van der Waals surface area contributed by atoms with E-state index in [9.17, 15) is 9.59 Å². The Balaban J connectivity index is 1.79. The molecule has 1 aliphatic carbocycles. The Morgan fingerprint density at radius 3 is 2.68 bits per heavy atom. The van der Waals surface area contributed by atoms with E-state index in [0.717, 1.165) is 23.9 Å². The normalized spacial score (nSPS) is 15.1. The quantitative estimate of drug-likeness (QED) is 0.797. The van der Waals surface area contributed by atoms with Gasteiger partial charge in [-0.3, -0.25) is 14.6 Å². The molecule has 1 fully saturated rings. The molecular formula is C20H19N3O2. The lowest BCUT2D eigenvalue weighted by molar-refractivity contribution is 0.0672. The maximum Gasteiger partial charge on any atom is 0.255 e. The molecule has 1 N–H and O–H groups in total. The van der Waals surface area contributed by atoms with Crippen LogP contribution in [-0.4, -0.2) is 26.8 Å². The first kappa shape index (κ1) is 15.6. The Labute approximate surface area is 145 Å². The van der Waals surface area contributed by atoms with Crippen molar-refractivity contribution in [2.45, 2.75) is 31.8 Å². The largest absolute Gasteiger partial charge is 0.327 e. The first-order chi connectivity index (χ1) is 12.1. The average Bonchev–Trinajstić information content (AvgIpc) is 3.46. The third kappa shape index (κ3) is 2.93. The molecule has 2 heterocycles. The number of hydrogen-bond acceptors (Lipinski definition) is 3. The number of carbonyl (C=O) groups is 1. The minimum absolute atomic E-state index is 0.108. The number of nitrogens with zero attached hydrogens (tertiary/aromatic N) is 2. The van der Waals surface area contributed by atoms with Crippen LogP contribution in [0.3, 0.4) is 0 Å². The Hall–Kier alpha value is -2.95.